The van der Waals surface area contributed by atoms with Crippen molar-refractivity contribution in [1.82, 2.24) is 4.90 Å². The van der Waals surface area contributed by atoms with Crippen LogP contribution in [0.3, 0.4) is 0 Å². The number of nitrogens with two attached hydrogens (primary N) is 1. The second kappa shape index (κ2) is 8.57. The van der Waals surface area contributed by atoms with Crippen LogP contribution in [-0.2, 0) is 9.59 Å². The Bertz CT molecular complexity index is 1000. The third-order valence-corrected chi connectivity index (χ3v) is 5.69. The van der Waals surface area contributed by atoms with Crippen molar-refractivity contribution in [2.75, 3.05) is 29.9 Å². The molecule has 0 aromatic heterocycles. The number of anilines is 2. The van der Waals surface area contributed by atoms with Crippen LogP contribution in [0.5, 0.6) is 0 Å². The Balaban J connectivity index is 1.64. The number of primary amides is 1. The smallest absolute Gasteiger partial charge is 0.313 e. The van der Waals surface area contributed by atoms with Gasteiger partial charge in [-0.1, -0.05) is 6.07 Å². The fourth-order valence-corrected chi connectivity index (χ4v) is 3.75. The molecule has 158 valence electrons. The van der Waals surface area contributed by atoms with Crippen LogP contribution < -0.4 is 16.0 Å². The first-order valence-electron chi connectivity index (χ1n) is 10.0. The van der Waals surface area contributed by atoms with E-state index in [2.05, 4.69) is 42.3 Å². The molecular formula is C23H28N4O3. The first-order chi connectivity index (χ1) is 14.2. The van der Waals surface area contributed by atoms with E-state index in [4.69, 9.17) is 5.73 Å². The molecule has 30 heavy (non-hydrogen) atoms. The number of carbonyl (C=O) groups excluding carboxylic acids is 3. The quantitative estimate of drug-likeness (QED) is 0.763. The predicted octanol–water partition coefficient (Wildman–Crippen LogP) is 2.39. The Morgan fingerprint density at radius 1 is 0.967 bits per heavy atom. The van der Waals surface area contributed by atoms with E-state index in [0.717, 1.165) is 5.69 Å². The van der Waals surface area contributed by atoms with Crippen molar-refractivity contribution in [1.29, 1.82) is 0 Å². The molecule has 0 bridgehead atoms. The zero-order chi connectivity index (χ0) is 22.0. The van der Waals surface area contributed by atoms with Crippen molar-refractivity contribution in [2.45, 2.75) is 33.7 Å². The topological polar surface area (TPSA) is 95.7 Å². The number of carbonyl (C=O) groups is 3. The Hall–Kier alpha value is -3.35. The van der Waals surface area contributed by atoms with Gasteiger partial charge in [-0.3, -0.25) is 14.4 Å². The SMILES string of the molecule is Cc1ccc(N2CCN(C(=O)C(=O)Nc3ccc(C(N)=O)c(C)c3)C(C)C2)cc1C. The van der Waals surface area contributed by atoms with Crippen LogP contribution >= 0.6 is 0 Å². The highest BCUT2D eigenvalue weighted by Gasteiger charge is 2.31. The number of hydrogen-bond donors (Lipinski definition) is 2. The molecule has 2 aromatic carbocycles. The van der Waals surface area contributed by atoms with Gasteiger partial charge >= 0.3 is 11.8 Å². The molecule has 7 heteroatoms. The number of hydrogen-bond acceptors (Lipinski definition) is 4. The lowest BCUT2D eigenvalue weighted by Crippen LogP contribution is -2.56. The molecule has 2 aromatic rings. The molecule has 3 amide bonds. The monoisotopic (exact) mass is 408 g/mol. The Morgan fingerprint density at radius 3 is 2.30 bits per heavy atom. The standard InChI is InChI=1S/C23H28N4O3/c1-14-5-7-19(12-15(14)2)26-9-10-27(17(4)13-26)23(30)22(29)25-18-6-8-20(21(24)28)16(3)11-18/h5-8,11-12,17H,9-10,13H2,1-4H3,(H2,24,28)(H,25,29). The van der Waals surface area contributed by atoms with Crippen LogP contribution in [0.15, 0.2) is 36.4 Å². The molecule has 0 spiro atoms. The van der Waals surface area contributed by atoms with Crippen LogP contribution in [0.2, 0.25) is 0 Å². The second-order valence-corrected chi connectivity index (χ2v) is 7.91. The summed E-state index contributed by atoms with van der Waals surface area (Å²) >= 11 is 0. The van der Waals surface area contributed by atoms with Crippen molar-refractivity contribution in [3.63, 3.8) is 0 Å². The molecule has 7 nitrogen and oxygen atoms in total. The van der Waals surface area contributed by atoms with Gasteiger partial charge in [0.25, 0.3) is 0 Å². The Labute approximate surface area is 176 Å². The summed E-state index contributed by atoms with van der Waals surface area (Å²) in [6.07, 6.45) is 0. The van der Waals surface area contributed by atoms with Gasteiger partial charge in [-0.15, -0.1) is 0 Å². The van der Waals surface area contributed by atoms with Gasteiger partial charge in [0.2, 0.25) is 5.91 Å². The van der Waals surface area contributed by atoms with Crippen LogP contribution in [0.4, 0.5) is 11.4 Å². The van der Waals surface area contributed by atoms with Crippen molar-refractivity contribution in [3.05, 3.63) is 58.7 Å². The van der Waals surface area contributed by atoms with Gasteiger partial charge in [0, 0.05) is 42.6 Å². The molecular weight excluding hydrogens is 380 g/mol. The van der Waals surface area contributed by atoms with Gasteiger partial charge in [0.05, 0.1) is 0 Å². The highest BCUT2D eigenvalue weighted by molar-refractivity contribution is 6.39. The van der Waals surface area contributed by atoms with Crippen LogP contribution in [0, 0.1) is 20.8 Å². The van der Waals surface area contributed by atoms with E-state index in [1.54, 1.807) is 30.0 Å². The maximum Gasteiger partial charge on any atom is 0.313 e. The highest BCUT2D eigenvalue weighted by Crippen LogP contribution is 2.22. The summed E-state index contributed by atoms with van der Waals surface area (Å²) in [4.78, 5) is 40.4. The highest BCUT2D eigenvalue weighted by atomic mass is 16.2. The molecule has 1 heterocycles. The number of amides is 3. The van der Waals surface area contributed by atoms with Gasteiger partial charge in [-0.05, 0) is 74.7 Å². The fourth-order valence-electron chi connectivity index (χ4n) is 3.75. The molecule has 1 fully saturated rings. The first-order valence-corrected chi connectivity index (χ1v) is 10.0. The molecule has 1 saturated heterocycles. The zero-order valence-electron chi connectivity index (χ0n) is 17.9. The average molecular weight is 409 g/mol. The van der Waals surface area contributed by atoms with E-state index >= 15 is 0 Å². The van der Waals surface area contributed by atoms with Crippen molar-refractivity contribution in [3.8, 4) is 0 Å². The largest absolute Gasteiger partial charge is 0.368 e. The van der Waals surface area contributed by atoms with E-state index in [1.807, 2.05) is 6.92 Å². The number of benzene rings is 2. The lowest BCUT2D eigenvalue weighted by Gasteiger charge is -2.40. The minimum atomic E-state index is -0.687. The molecule has 1 unspecified atom stereocenters. The van der Waals surface area contributed by atoms with Crippen LogP contribution in [0.1, 0.15) is 34.0 Å². The summed E-state index contributed by atoms with van der Waals surface area (Å²) in [5.41, 5.74) is 10.4. The molecule has 1 aliphatic heterocycles. The number of nitrogens with zero attached hydrogens (tertiary/aromatic N) is 2. The van der Waals surface area contributed by atoms with E-state index in [1.165, 1.54) is 11.1 Å². The Kier molecular flexibility index (Phi) is 6.10. The molecule has 0 radical (unpaired) electrons. The number of nitrogens with one attached hydrogen (secondary N) is 1. The number of aryl methyl sites for hydroxylation is 3. The van der Waals surface area contributed by atoms with Gasteiger partial charge in [0.1, 0.15) is 0 Å². The third kappa shape index (κ3) is 4.45. The average Bonchev–Trinajstić information content (AvgIpc) is 2.69. The predicted molar refractivity (Wildman–Crippen MR) is 118 cm³/mol. The van der Waals surface area contributed by atoms with Gasteiger partial charge in [-0.25, -0.2) is 0 Å². The number of rotatable bonds is 3. The van der Waals surface area contributed by atoms with E-state index in [9.17, 15) is 14.4 Å². The molecule has 3 rings (SSSR count). The zero-order valence-corrected chi connectivity index (χ0v) is 17.9. The Morgan fingerprint density at radius 2 is 1.70 bits per heavy atom. The summed E-state index contributed by atoms with van der Waals surface area (Å²) in [7, 11) is 0. The summed E-state index contributed by atoms with van der Waals surface area (Å²) in [5, 5.41) is 2.63. The third-order valence-electron chi connectivity index (χ3n) is 5.69. The maximum atomic E-state index is 12.7. The summed E-state index contributed by atoms with van der Waals surface area (Å²) in [5.74, 6) is -1.77. The molecule has 0 aliphatic carbocycles. The van der Waals surface area contributed by atoms with Crippen molar-refractivity contribution in [2.24, 2.45) is 5.73 Å². The lowest BCUT2D eigenvalue weighted by molar-refractivity contribution is -0.144. The summed E-state index contributed by atoms with van der Waals surface area (Å²) in [6, 6.07) is 11.0. The second-order valence-electron chi connectivity index (χ2n) is 7.91. The van der Waals surface area contributed by atoms with Crippen LogP contribution in [-0.4, -0.2) is 48.3 Å². The summed E-state index contributed by atoms with van der Waals surface area (Å²) < 4.78 is 0. The van der Waals surface area contributed by atoms with E-state index in [-0.39, 0.29) is 6.04 Å². The van der Waals surface area contributed by atoms with Crippen molar-refractivity contribution < 1.29 is 14.4 Å². The van der Waals surface area contributed by atoms with Crippen LogP contribution in [0.25, 0.3) is 0 Å². The minimum Gasteiger partial charge on any atom is -0.368 e. The fraction of sp³-hybridized carbons (Fsp3) is 0.348. The number of piperazine rings is 1. The van der Waals surface area contributed by atoms with Gasteiger partial charge in [0.15, 0.2) is 0 Å². The molecule has 1 atom stereocenters. The maximum absolute atomic E-state index is 12.7. The molecule has 3 N–H and O–H groups in total. The van der Waals surface area contributed by atoms with Crippen molar-refractivity contribution >= 4 is 29.1 Å². The van der Waals surface area contributed by atoms with E-state index in [0.29, 0.717) is 36.4 Å². The van der Waals surface area contributed by atoms with Gasteiger partial charge < -0.3 is 20.9 Å². The molecule has 1 aliphatic rings. The van der Waals surface area contributed by atoms with E-state index < -0.39 is 17.7 Å². The first kappa shape index (κ1) is 21.4. The van der Waals surface area contributed by atoms with Gasteiger partial charge in [-0.2, -0.15) is 0 Å². The normalized spacial score (nSPS) is 16.3. The molecule has 0 saturated carbocycles. The summed E-state index contributed by atoms with van der Waals surface area (Å²) in [6.45, 7) is 9.64. The lowest BCUT2D eigenvalue weighted by atomic mass is 10.1. The minimum absolute atomic E-state index is 0.0995.